The molecule has 146 valence electrons. The highest BCUT2D eigenvalue weighted by molar-refractivity contribution is 7.83. The summed E-state index contributed by atoms with van der Waals surface area (Å²) in [6, 6.07) is 8.98. The van der Waals surface area contributed by atoms with E-state index in [4.69, 9.17) is 0 Å². The summed E-state index contributed by atoms with van der Waals surface area (Å²) in [6.45, 7) is 0.433. The lowest BCUT2D eigenvalue weighted by atomic mass is 9.96. The lowest BCUT2D eigenvalue weighted by molar-refractivity contribution is -0.0397. The third-order valence-electron chi connectivity index (χ3n) is 4.47. The summed E-state index contributed by atoms with van der Waals surface area (Å²) in [4.78, 5) is 0. The number of hydrogen-bond acceptors (Lipinski definition) is 2. The molecule has 2 aromatic rings. The molecule has 27 heavy (non-hydrogen) atoms. The van der Waals surface area contributed by atoms with Gasteiger partial charge in [-0.25, -0.2) is 17.7 Å². The highest BCUT2D eigenvalue weighted by Crippen LogP contribution is 2.27. The molecule has 2 N–H and O–H groups in total. The molecule has 9 heteroatoms. The Morgan fingerprint density at radius 3 is 2.59 bits per heavy atom. The third-order valence-corrected chi connectivity index (χ3v) is 5.41. The Morgan fingerprint density at radius 2 is 1.89 bits per heavy atom. The molecule has 1 aliphatic rings. The van der Waals surface area contributed by atoms with Crippen LogP contribution in [-0.4, -0.2) is 28.3 Å². The van der Waals surface area contributed by atoms with Crippen LogP contribution >= 0.6 is 0 Å². The van der Waals surface area contributed by atoms with Crippen LogP contribution in [0.15, 0.2) is 42.5 Å². The van der Waals surface area contributed by atoms with Crippen molar-refractivity contribution in [2.45, 2.75) is 30.4 Å². The predicted octanol–water partition coefficient (Wildman–Crippen LogP) is 3.68. The first-order valence-electron chi connectivity index (χ1n) is 8.27. The molecule has 1 heterocycles. The van der Waals surface area contributed by atoms with Crippen LogP contribution in [0.25, 0.3) is 11.1 Å². The molecule has 0 bridgehead atoms. The minimum Gasteiger partial charge on any atom is -0.312 e. The van der Waals surface area contributed by atoms with Crippen molar-refractivity contribution in [2.75, 3.05) is 6.54 Å². The number of halogens is 5. The molecule has 0 amide bonds. The lowest BCUT2D eigenvalue weighted by Crippen LogP contribution is -2.45. The van der Waals surface area contributed by atoms with Gasteiger partial charge < -0.3 is 5.32 Å². The van der Waals surface area contributed by atoms with E-state index in [0.717, 1.165) is 0 Å². The van der Waals surface area contributed by atoms with Gasteiger partial charge in [-0.15, -0.1) is 0 Å². The van der Waals surface area contributed by atoms with Crippen molar-refractivity contribution in [2.24, 2.45) is 0 Å². The minimum atomic E-state index is -4.85. The maximum absolute atomic E-state index is 14.9. The molecule has 0 spiro atoms. The van der Waals surface area contributed by atoms with Gasteiger partial charge in [-0.1, -0.05) is 30.3 Å². The van der Waals surface area contributed by atoms with Crippen LogP contribution in [0, 0.1) is 11.6 Å². The second-order valence-corrected chi connectivity index (χ2v) is 7.52. The van der Waals surface area contributed by atoms with Gasteiger partial charge >= 0.3 is 5.51 Å². The first kappa shape index (κ1) is 19.9. The van der Waals surface area contributed by atoms with Gasteiger partial charge in [0.2, 0.25) is 0 Å². The van der Waals surface area contributed by atoms with Gasteiger partial charge in [0.25, 0.3) is 0 Å². The van der Waals surface area contributed by atoms with Gasteiger partial charge in [0.05, 0.1) is 0 Å². The third kappa shape index (κ3) is 4.72. The van der Waals surface area contributed by atoms with E-state index in [-0.39, 0.29) is 12.0 Å². The van der Waals surface area contributed by atoms with Crippen LogP contribution in [0.1, 0.15) is 12.0 Å². The molecular formula is C18H17F5N2OS. The summed E-state index contributed by atoms with van der Waals surface area (Å²) in [6.07, 6.45) is 0.458. The van der Waals surface area contributed by atoms with Gasteiger partial charge in [0.15, 0.2) is 11.0 Å². The van der Waals surface area contributed by atoms with Crippen LogP contribution in [0.3, 0.4) is 0 Å². The molecule has 0 saturated carbocycles. The molecule has 3 rings (SSSR count). The van der Waals surface area contributed by atoms with Gasteiger partial charge in [-0.2, -0.15) is 13.2 Å². The van der Waals surface area contributed by atoms with Crippen LogP contribution in [0.4, 0.5) is 22.0 Å². The van der Waals surface area contributed by atoms with E-state index >= 15 is 0 Å². The molecule has 0 aliphatic carbocycles. The first-order chi connectivity index (χ1) is 12.8. The maximum atomic E-state index is 14.9. The average Bonchev–Trinajstić information content (AvgIpc) is 3.03. The fourth-order valence-electron chi connectivity index (χ4n) is 3.18. The normalized spacial score (nSPS) is 21.4. The molecular weight excluding hydrogens is 387 g/mol. The zero-order valence-electron chi connectivity index (χ0n) is 14.0. The fourth-order valence-corrected chi connectivity index (χ4v) is 3.87. The Kier molecular flexibility index (Phi) is 5.92. The molecule has 1 aliphatic heterocycles. The quantitative estimate of drug-likeness (QED) is 0.747. The Morgan fingerprint density at radius 1 is 1.15 bits per heavy atom. The van der Waals surface area contributed by atoms with Crippen LogP contribution in [0.2, 0.25) is 0 Å². The molecule has 3 atom stereocenters. The minimum absolute atomic E-state index is 0.113. The van der Waals surface area contributed by atoms with Crippen molar-refractivity contribution in [3.05, 3.63) is 59.7 Å². The number of nitrogens with one attached hydrogen (secondary N) is 2. The Hall–Kier alpha value is -1.84. The summed E-state index contributed by atoms with van der Waals surface area (Å²) in [5.74, 6) is -1.04. The van der Waals surface area contributed by atoms with E-state index in [0.29, 0.717) is 24.1 Å². The Balaban J connectivity index is 1.79. The summed E-state index contributed by atoms with van der Waals surface area (Å²) in [7, 11) is -3.17. The second-order valence-electron chi connectivity index (χ2n) is 6.28. The summed E-state index contributed by atoms with van der Waals surface area (Å²) < 4.78 is 79.3. The molecule has 2 aromatic carbocycles. The summed E-state index contributed by atoms with van der Waals surface area (Å²) in [5.41, 5.74) is -3.97. The molecule has 0 aromatic heterocycles. The predicted molar refractivity (Wildman–Crippen MR) is 93.0 cm³/mol. The van der Waals surface area contributed by atoms with Gasteiger partial charge in [0.1, 0.15) is 11.6 Å². The van der Waals surface area contributed by atoms with Gasteiger partial charge in [0, 0.05) is 17.6 Å². The topological polar surface area (TPSA) is 41.1 Å². The number of hydrogen-bond donors (Lipinski definition) is 2. The molecule has 3 unspecified atom stereocenters. The van der Waals surface area contributed by atoms with Crippen LogP contribution in [-0.2, 0) is 17.4 Å². The van der Waals surface area contributed by atoms with E-state index in [1.54, 1.807) is 12.1 Å². The van der Waals surface area contributed by atoms with E-state index in [1.165, 1.54) is 30.3 Å². The van der Waals surface area contributed by atoms with E-state index in [2.05, 4.69) is 10.0 Å². The van der Waals surface area contributed by atoms with Crippen molar-refractivity contribution >= 4 is 11.0 Å². The summed E-state index contributed by atoms with van der Waals surface area (Å²) >= 11 is 0. The average molecular weight is 404 g/mol. The van der Waals surface area contributed by atoms with E-state index in [1.807, 2.05) is 0 Å². The fraction of sp³-hybridized carbons (Fsp3) is 0.333. The first-order valence-corrected chi connectivity index (χ1v) is 9.42. The van der Waals surface area contributed by atoms with E-state index < -0.39 is 40.2 Å². The smallest absolute Gasteiger partial charge is 0.312 e. The van der Waals surface area contributed by atoms with Crippen molar-refractivity contribution in [1.82, 2.24) is 10.0 Å². The Bertz CT molecular complexity index is 843. The van der Waals surface area contributed by atoms with Crippen LogP contribution in [0.5, 0.6) is 0 Å². The molecule has 1 saturated heterocycles. The van der Waals surface area contributed by atoms with Crippen molar-refractivity contribution < 1.29 is 26.2 Å². The van der Waals surface area contributed by atoms with Crippen molar-refractivity contribution in [3.63, 3.8) is 0 Å². The van der Waals surface area contributed by atoms with Crippen molar-refractivity contribution in [1.29, 1.82) is 0 Å². The largest absolute Gasteiger partial charge is 0.485 e. The SMILES string of the molecule is O=S(NC1CCNC1Cc1cccc(-c2cccc(F)c2)c1F)C(F)(F)F. The molecule has 0 radical (unpaired) electrons. The zero-order chi connectivity index (χ0) is 19.6. The standard InChI is InChI=1S/C18H17F5N2OS/c19-13-5-1-3-11(9-13)14-6-2-4-12(17(14)20)10-16-15(7-8-24-16)25-27(26)18(21,22)23/h1-6,9,15-16,24-25H,7-8,10H2. The number of alkyl halides is 3. The van der Waals surface area contributed by atoms with Crippen molar-refractivity contribution in [3.8, 4) is 11.1 Å². The van der Waals surface area contributed by atoms with E-state index in [9.17, 15) is 26.2 Å². The van der Waals surface area contributed by atoms with Gasteiger partial charge in [-0.3, -0.25) is 0 Å². The Labute approximate surface area is 155 Å². The lowest BCUT2D eigenvalue weighted by Gasteiger charge is -2.21. The monoisotopic (exact) mass is 404 g/mol. The molecule has 3 nitrogen and oxygen atoms in total. The summed E-state index contributed by atoms with van der Waals surface area (Å²) in [5, 5.41) is 3.02. The number of rotatable bonds is 5. The zero-order valence-corrected chi connectivity index (χ0v) is 14.8. The highest BCUT2D eigenvalue weighted by Gasteiger charge is 2.40. The van der Waals surface area contributed by atoms with Gasteiger partial charge in [-0.05, 0) is 42.6 Å². The second kappa shape index (κ2) is 8.04. The maximum Gasteiger partial charge on any atom is 0.485 e. The van der Waals surface area contributed by atoms with Crippen LogP contribution < -0.4 is 10.0 Å². The number of benzene rings is 2. The molecule has 1 fully saturated rings. The highest BCUT2D eigenvalue weighted by atomic mass is 32.2.